The van der Waals surface area contributed by atoms with Gasteiger partial charge in [-0.2, -0.15) is 0 Å². The predicted molar refractivity (Wildman–Crippen MR) is 159 cm³/mol. The topological polar surface area (TPSA) is 107 Å². The van der Waals surface area contributed by atoms with E-state index in [1.54, 1.807) is 48.5 Å². The molecule has 0 bridgehead atoms. The number of ketones is 1. The van der Waals surface area contributed by atoms with E-state index in [1.165, 1.54) is 0 Å². The van der Waals surface area contributed by atoms with Crippen LogP contribution >= 0.6 is 0 Å². The molecule has 6 rings (SSSR count). The summed E-state index contributed by atoms with van der Waals surface area (Å²) in [4.78, 5) is 39.6. The number of amides is 2. The highest BCUT2D eigenvalue weighted by molar-refractivity contribution is 6.10. The lowest BCUT2D eigenvalue weighted by atomic mass is 10.0. The summed E-state index contributed by atoms with van der Waals surface area (Å²) in [5, 5.41) is 3.80. The lowest BCUT2D eigenvalue weighted by molar-refractivity contribution is 0.0997. The van der Waals surface area contributed by atoms with Crippen molar-refractivity contribution in [3.63, 3.8) is 0 Å². The van der Waals surface area contributed by atoms with Crippen LogP contribution in [-0.4, -0.2) is 48.5 Å². The van der Waals surface area contributed by atoms with E-state index in [1.807, 2.05) is 59.3 Å². The molecule has 0 radical (unpaired) electrons. The van der Waals surface area contributed by atoms with Gasteiger partial charge in [0, 0.05) is 64.0 Å². The van der Waals surface area contributed by atoms with E-state index in [0.29, 0.717) is 41.2 Å². The Balaban J connectivity index is 1.11. The van der Waals surface area contributed by atoms with Crippen LogP contribution in [0.2, 0.25) is 0 Å². The fourth-order valence-electron chi connectivity index (χ4n) is 5.01. The summed E-state index contributed by atoms with van der Waals surface area (Å²) in [7, 11) is 0. The van der Waals surface area contributed by atoms with Gasteiger partial charge in [-0.25, -0.2) is 0 Å². The van der Waals surface area contributed by atoms with E-state index in [4.69, 9.17) is 10.5 Å². The third-order valence-electron chi connectivity index (χ3n) is 7.29. The van der Waals surface area contributed by atoms with Gasteiger partial charge in [-0.1, -0.05) is 0 Å². The van der Waals surface area contributed by atoms with Crippen LogP contribution in [0, 0.1) is 0 Å². The minimum atomic E-state index is -0.465. The predicted octanol–water partition coefficient (Wildman–Crippen LogP) is 5.05. The molecule has 1 saturated heterocycles. The van der Waals surface area contributed by atoms with Crippen molar-refractivity contribution in [3.8, 4) is 5.69 Å². The molecule has 204 valence electrons. The maximum atomic E-state index is 13.1. The van der Waals surface area contributed by atoms with Gasteiger partial charge < -0.3 is 25.3 Å². The number of rotatable bonds is 7. The Morgan fingerprint density at radius 2 is 1.27 bits per heavy atom. The van der Waals surface area contributed by atoms with Crippen LogP contribution in [0.25, 0.3) is 16.6 Å². The normalized spacial score (nSPS) is 13.2. The maximum absolute atomic E-state index is 13.1. The molecule has 5 aromatic rings. The van der Waals surface area contributed by atoms with Crippen LogP contribution in [0.4, 0.5) is 11.4 Å². The molecule has 8 heteroatoms. The van der Waals surface area contributed by atoms with Gasteiger partial charge in [0.05, 0.1) is 18.7 Å². The fourth-order valence-corrected chi connectivity index (χ4v) is 5.01. The number of morpholine rings is 1. The van der Waals surface area contributed by atoms with E-state index >= 15 is 0 Å². The van der Waals surface area contributed by atoms with Crippen molar-refractivity contribution in [3.05, 3.63) is 126 Å². The molecular formula is C33H28N4O4. The highest BCUT2D eigenvalue weighted by Gasteiger charge is 2.14. The molecule has 2 heterocycles. The minimum absolute atomic E-state index is 0.114. The Morgan fingerprint density at radius 3 is 1.93 bits per heavy atom. The van der Waals surface area contributed by atoms with Crippen molar-refractivity contribution in [2.45, 2.75) is 0 Å². The van der Waals surface area contributed by atoms with Crippen LogP contribution < -0.4 is 16.0 Å². The molecular weight excluding hydrogens is 516 g/mol. The van der Waals surface area contributed by atoms with Gasteiger partial charge >= 0.3 is 0 Å². The number of anilines is 2. The average Bonchev–Trinajstić information content (AvgIpc) is 3.45. The molecule has 0 saturated carbocycles. The number of ether oxygens (including phenoxy) is 1. The van der Waals surface area contributed by atoms with Gasteiger partial charge in [0.2, 0.25) is 5.91 Å². The van der Waals surface area contributed by atoms with Crippen molar-refractivity contribution in [2.24, 2.45) is 5.73 Å². The number of carbonyl (C=O) groups is 3. The second kappa shape index (κ2) is 11.1. The Morgan fingerprint density at radius 1 is 0.683 bits per heavy atom. The largest absolute Gasteiger partial charge is 0.378 e. The van der Waals surface area contributed by atoms with Crippen molar-refractivity contribution in [2.75, 3.05) is 36.5 Å². The molecule has 8 nitrogen and oxygen atoms in total. The number of nitrogens with one attached hydrogen (secondary N) is 1. The third-order valence-corrected chi connectivity index (χ3v) is 7.29. The van der Waals surface area contributed by atoms with Crippen LogP contribution in [0.3, 0.4) is 0 Å². The molecule has 0 spiro atoms. The Kier molecular flexibility index (Phi) is 7.06. The number of nitrogens with zero attached hydrogens (tertiary/aromatic N) is 2. The van der Waals surface area contributed by atoms with E-state index in [0.717, 1.165) is 35.4 Å². The summed E-state index contributed by atoms with van der Waals surface area (Å²) in [6, 6.07) is 29.0. The van der Waals surface area contributed by atoms with Crippen LogP contribution in [-0.2, 0) is 4.74 Å². The Hall–Kier alpha value is -5.21. The van der Waals surface area contributed by atoms with Gasteiger partial charge in [-0.05, 0) is 97.1 Å². The van der Waals surface area contributed by atoms with Crippen molar-refractivity contribution in [1.82, 2.24) is 4.57 Å². The first-order valence-corrected chi connectivity index (χ1v) is 13.4. The first kappa shape index (κ1) is 26.0. The highest BCUT2D eigenvalue weighted by atomic mass is 16.5. The molecule has 1 fully saturated rings. The lowest BCUT2D eigenvalue weighted by Gasteiger charge is -2.28. The number of hydrogen-bond acceptors (Lipinski definition) is 5. The van der Waals surface area contributed by atoms with Crippen LogP contribution in [0.5, 0.6) is 0 Å². The zero-order chi connectivity index (χ0) is 28.3. The molecule has 41 heavy (non-hydrogen) atoms. The number of primary amides is 1. The molecule has 1 aliphatic rings. The standard InChI is InChI=1S/C33H28N4O4/c34-32(39)26-7-14-30-25(21-26)15-16-37(30)29-12-3-23(4-13-29)31(38)22-1-8-27(9-2-22)35-33(40)24-5-10-28(11-6-24)36-17-19-41-20-18-36/h1-16,21H,17-20H2,(H2,34,39)(H,35,40). The van der Waals surface area contributed by atoms with Gasteiger partial charge in [0.1, 0.15) is 0 Å². The van der Waals surface area contributed by atoms with E-state index in [-0.39, 0.29) is 11.7 Å². The van der Waals surface area contributed by atoms with Gasteiger partial charge in [0.15, 0.2) is 5.78 Å². The number of fused-ring (bicyclic) bond motifs is 1. The number of nitrogens with two attached hydrogens (primary N) is 1. The van der Waals surface area contributed by atoms with Crippen LogP contribution in [0.15, 0.2) is 103 Å². The summed E-state index contributed by atoms with van der Waals surface area (Å²) < 4.78 is 7.39. The molecule has 4 aromatic carbocycles. The van der Waals surface area contributed by atoms with Gasteiger partial charge in [0.25, 0.3) is 5.91 Å². The summed E-state index contributed by atoms with van der Waals surface area (Å²) in [5.41, 5.74) is 11.0. The SMILES string of the molecule is NC(=O)c1ccc2c(ccn2-c2ccc(C(=O)c3ccc(NC(=O)c4ccc(N5CCOCC5)cc4)cc3)cc2)c1. The highest BCUT2D eigenvalue weighted by Crippen LogP contribution is 2.23. The quantitative estimate of drug-likeness (QED) is 0.279. The van der Waals surface area contributed by atoms with Gasteiger partial charge in [-0.15, -0.1) is 0 Å². The summed E-state index contributed by atoms with van der Waals surface area (Å²) in [6.07, 6.45) is 1.91. The second-order valence-corrected chi connectivity index (χ2v) is 9.88. The second-order valence-electron chi connectivity index (χ2n) is 9.88. The van der Waals surface area contributed by atoms with Crippen molar-refractivity contribution in [1.29, 1.82) is 0 Å². The third kappa shape index (κ3) is 5.46. The zero-order valence-electron chi connectivity index (χ0n) is 22.2. The summed E-state index contributed by atoms with van der Waals surface area (Å²) in [6.45, 7) is 3.09. The molecule has 0 unspecified atom stereocenters. The Bertz CT molecular complexity index is 1730. The zero-order valence-corrected chi connectivity index (χ0v) is 22.2. The number of aromatic nitrogens is 1. The summed E-state index contributed by atoms with van der Waals surface area (Å²) >= 11 is 0. The van der Waals surface area contributed by atoms with Crippen molar-refractivity contribution < 1.29 is 19.1 Å². The molecule has 0 aliphatic carbocycles. The molecule has 1 aliphatic heterocycles. The molecule has 3 N–H and O–H groups in total. The Labute approximate surface area is 236 Å². The smallest absolute Gasteiger partial charge is 0.255 e. The van der Waals surface area contributed by atoms with E-state index < -0.39 is 5.91 Å². The fraction of sp³-hybridized carbons (Fsp3) is 0.121. The molecule has 0 atom stereocenters. The number of benzene rings is 4. The maximum Gasteiger partial charge on any atom is 0.255 e. The number of carbonyl (C=O) groups excluding carboxylic acids is 3. The lowest BCUT2D eigenvalue weighted by Crippen LogP contribution is -2.36. The van der Waals surface area contributed by atoms with Gasteiger partial charge in [-0.3, -0.25) is 14.4 Å². The first-order chi connectivity index (χ1) is 20.0. The average molecular weight is 545 g/mol. The molecule has 1 aromatic heterocycles. The minimum Gasteiger partial charge on any atom is -0.378 e. The molecule has 2 amide bonds. The van der Waals surface area contributed by atoms with E-state index in [9.17, 15) is 14.4 Å². The summed E-state index contributed by atoms with van der Waals surface area (Å²) in [5.74, 6) is -0.791. The monoisotopic (exact) mass is 544 g/mol. The van der Waals surface area contributed by atoms with Crippen LogP contribution in [0.1, 0.15) is 36.6 Å². The van der Waals surface area contributed by atoms with Crippen molar-refractivity contribution >= 4 is 39.9 Å². The first-order valence-electron chi connectivity index (χ1n) is 13.4. The van der Waals surface area contributed by atoms with E-state index in [2.05, 4.69) is 10.2 Å². The number of hydrogen-bond donors (Lipinski definition) is 2.